The summed E-state index contributed by atoms with van der Waals surface area (Å²) >= 11 is 6.21. The van der Waals surface area contributed by atoms with Crippen molar-refractivity contribution >= 4 is 11.6 Å². The van der Waals surface area contributed by atoms with Gasteiger partial charge < -0.3 is 15.2 Å². The minimum atomic E-state index is 0.150. The van der Waals surface area contributed by atoms with Gasteiger partial charge in [-0.05, 0) is 37.2 Å². The molecule has 20 heavy (non-hydrogen) atoms. The molecule has 0 saturated carbocycles. The number of rotatable bonds is 6. The molecule has 0 atom stereocenters. The molecule has 106 valence electrons. The SMILES string of the molecule is CNCc1cccc(Cl)c1Oc1ccc(CCO)cc1. The minimum Gasteiger partial charge on any atom is -0.455 e. The van der Waals surface area contributed by atoms with E-state index in [4.69, 9.17) is 21.4 Å². The minimum absolute atomic E-state index is 0.150. The van der Waals surface area contributed by atoms with E-state index in [0.717, 1.165) is 16.9 Å². The Morgan fingerprint density at radius 1 is 1.15 bits per heavy atom. The van der Waals surface area contributed by atoms with Crippen LogP contribution >= 0.6 is 11.6 Å². The fourth-order valence-corrected chi connectivity index (χ4v) is 2.20. The van der Waals surface area contributed by atoms with Crippen LogP contribution in [0, 0.1) is 0 Å². The third-order valence-corrected chi connectivity index (χ3v) is 3.26. The summed E-state index contributed by atoms with van der Waals surface area (Å²) in [6, 6.07) is 13.4. The van der Waals surface area contributed by atoms with Crippen LogP contribution in [-0.4, -0.2) is 18.8 Å². The number of ether oxygens (including phenoxy) is 1. The van der Waals surface area contributed by atoms with Crippen LogP contribution in [0.3, 0.4) is 0 Å². The van der Waals surface area contributed by atoms with Crippen LogP contribution in [0.1, 0.15) is 11.1 Å². The highest BCUT2D eigenvalue weighted by molar-refractivity contribution is 6.32. The molecule has 0 aliphatic rings. The number of hydrogen-bond acceptors (Lipinski definition) is 3. The second kappa shape index (κ2) is 7.29. The molecular weight excluding hydrogens is 274 g/mol. The third-order valence-electron chi connectivity index (χ3n) is 2.96. The molecule has 0 unspecified atom stereocenters. The number of benzene rings is 2. The maximum atomic E-state index is 8.90. The summed E-state index contributed by atoms with van der Waals surface area (Å²) in [5.41, 5.74) is 2.09. The Bertz CT molecular complexity index is 555. The fraction of sp³-hybridized carbons (Fsp3) is 0.250. The second-order valence-electron chi connectivity index (χ2n) is 4.48. The van der Waals surface area contributed by atoms with Gasteiger partial charge in [0.05, 0.1) is 5.02 Å². The van der Waals surface area contributed by atoms with Crippen molar-refractivity contribution in [2.75, 3.05) is 13.7 Å². The number of aliphatic hydroxyl groups is 1. The average molecular weight is 292 g/mol. The summed E-state index contributed by atoms with van der Waals surface area (Å²) in [7, 11) is 1.88. The maximum Gasteiger partial charge on any atom is 0.150 e. The van der Waals surface area contributed by atoms with Crippen molar-refractivity contribution in [1.29, 1.82) is 0 Å². The largest absolute Gasteiger partial charge is 0.455 e. The van der Waals surface area contributed by atoms with Gasteiger partial charge in [0.2, 0.25) is 0 Å². The van der Waals surface area contributed by atoms with Crippen molar-refractivity contribution in [3.05, 3.63) is 58.6 Å². The van der Waals surface area contributed by atoms with E-state index in [1.807, 2.05) is 49.5 Å². The first-order valence-corrected chi connectivity index (χ1v) is 6.92. The summed E-state index contributed by atoms with van der Waals surface area (Å²) < 4.78 is 5.89. The molecule has 0 fully saturated rings. The lowest BCUT2D eigenvalue weighted by Crippen LogP contribution is -2.06. The van der Waals surface area contributed by atoms with E-state index in [2.05, 4.69) is 5.32 Å². The van der Waals surface area contributed by atoms with Crippen LogP contribution in [0.2, 0.25) is 5.02 Å². The highest BCUT2D eigenvalue weighted by atomic mass is 35.5. The van der Waals surface area contributed by atoms with Crippen molar-refractivity contribution in [3.8, 4) is 11.5 Å². The molecule has 0 aliphatic heterocycles. The van der Waals surface area contributed by atoms with Gasteiger partial charge in [-0.1, -0.05) is 35.9 Å². The van der Waals surface area contributed by atoms with Gasteiger partial charge in [-0.25, -0.2) is 0 Å². The van der Waals surface area contributed by atoms with Gasteiger partial charge in [-0.15, -0.1) is 0 Å². The van der Waals surface area contributed by atoms with Crippen molar-refractivity contribution < 1.29 is 9.84 Å². The number of nitrogens with one attached hydrogen (secondary N) is 1. The van der Waals surface area contributed by atoms with E-state index in [1.54, 1.807) is 0 Å². The smallest absolute Gasteiger partial charge is 0.150 e. The van der Waals surface area contributed by atoms with Gasteiger partial charge in [-0.3, -0.25) is 0 Å². The third kappa shape index (κ3) is 3.73. The first-order chi connectivity index (χ1) is 9.74. The molecule has 0 amide bonds. The van der Waals surface area contributed by atoms with Gasteiger partial charge in [0.15, 0.2) is 0 Å². The summed E-state index contributed by atoms with van der Waals surface area (Å²) in [4.78, 5) is 0. The van der Waals surface area contributed by atoms with Gasteiger partial charge in [0.1, 0.15) is 11.5 Å². The Morgan fingerprint density at radius 3 is 2.55 bits per heavy atom. The zero-order valence-electron chi connectivity index (χ0n) is 11.4. The average Bonchev–Trinajstić information content (AvgIpc) is 2.45. The standard InChI is InChI=1S/C16H18ClNO2/c1-18-11-13-3-2-4-15(17)16(13)20-14-7-5-12(6-8-14)9-10-19/h2-8,18-19H,9-11H2,1H3. The predicted octanol–water partition coefficient (Wildman–Crippen LogP) is 3.39. The van der Waals surface area contributed by atoms with Crippen molar-refractivity contribution in [1.82, 2.24) is 5.32 Å². The summed E-state index contributed by atoms with van der Waals surface area (Å²) in [6.07, 6.45) is 0.650. The first kappa shape index (κ1) is 14.9. The van der Waals surface area contributed by atoms with Gasteiger partial charge in [0, 0.05) is 18.7 Å². The molecule has 2 aromatic carbocycles. The van der Waals surface area contributed by atoms with Crippen LogP contribution in [0.25, 0.3) is 0 Å². The van der Waals surface area contributed by atoms with Crippen molar-refractivity contribution in [3.63, 3.8) is 0 Å². The molecule has 0 radical (unpaired) electrons. The number of hydrogen-bond donors (Lipinski definition) is 2. The van der Waals surface area contributed by atoms with E-state index in [1.165, 1.54) is 0 Å². The van der Waals surface area contributed by atoms with Crippen LogP contribution in [0.4, 0.5) is 0 Å². The molecule has 0 aromatic heterocycles. The Balaban J connectivity index is 2.20. The van der Waals surface area contributed by atoms with Crippen LogP contribution in [0.5, 0.6) is 11.5 Å². The normalized spacial score (nSPS) is 10.6. The quantitative estimate of drug-likeness (QED) is 0.857. The van der Waals surface area contributed by atoms with E-state index >= 15 is 0 Å². The van der Waals surface area contributed by atoms with E-state index in [0.29, 0.717) is 23.7 Å². The highest BCUT2D eigenvalue weighted by Gasteiger charge is 2.09. The van der Waals surface area contributed by atoms with Crippen LogP contribution < -0.4 is 10.1 Å². The molecule has 2 N–H and O–H groups in total. The molecule has 0 spiro atoms. The zero-order chi connectivity index (χ0) is 14.4. The Hall–Kier alpha value is -1.55. The van der Waals surface area contributed by atoms with E-state index in [-0.39, 0.29) is 6.61 Å². The van der Waals surface area contributed by atoms with Crippen molar-refractivity contribution in [2.24, 2.45) is 0 Å². The number of para-hydroxylation sites is 1. The molecular formula is C16H18ClNO2. The lowest BCUT2D eigenvalue weighted by Gasteiger charge is -2.13. The fourth-order valence-electron chi connectivity index (χ4n) is 1.97. The van der Waals surface area contributed by atoms with Gasteiger partial charge in [-0.2, -0.15) is 0 Å². The first-order valence-electron chi connectivity index (χ1n) is 6.54. The summed E-state index contributed by atoms with van der Waals surface area (Å²) in [6.45, 7) is 0.843. The molecule has 0 saturated heterocycles. The summed E-state index contributed by atoms with van der Waals surface area (Å²) in [5, 5.41) is 12.6. The lowest BCUT2D eigenvalue weighted by molar-refractivity contribution is 0.299. The highest BCUT2D eigenvalue weighted by Crippen LogP contribution is 2.33. The summed E-state index contributed by atoms with van der Waals surface area (Å²) in [5.74, 6) is 1.41. The number of halogens is 1. The van der Waals surface area contributed by atoms with Crippen LogP contribution in [-0.2, 0) is 13.0 Å². The monoisotopic (exact) mass is 291 g/mol. The molecule has 4 heteroatoms. The topological polar surface area (TPSA) is 41.5 Å². The lowest BCUT2D eigenvalue weighted by atomic mass is 10.1. The maximum absolute atomic E-state index is 8.90. The molecule has 0 bridgehead atoms. The van der Waals surface area contributed by atoms with Crippen molar-refractivity contribution in [2.45, 2.75) is 13.0 Å². The molecule has 2 rings (SSSR count). The zero-order valence-corrected chi connectivity index (χ0v) is 12.2. The Kier molecular flexibility index (Phi) is 5.41. The predicted molar refractivity (Wildman–Crippen MR) is 81.5 cm³/mol. The van der Waals surface area contributed by atoms with Gasteiger partial charge >= 0.3 is 0 Å². The van der Waals surface area contributed by atoms with Gasteiger partial charge in [0.25, 0.3) is 0 Å². The Morgan fingerprint density at radius 2 is 1.90 bits per heavy atom. The van der Waals surface area contributed by atoms with Crippen LogP contribution in [0.15, 0.2) is 42.5 Å². The molecule has 0 heterocycles. The van der Waals surface area contributed by atoms with E-state index in [9.17, 15) is 0 Å². The Labute approximate surface area is 124 Å². The second-order valence-corrected chi connectivity index (χ2v) is 4.89. The number of aliphatic hydroxyl groups excluding tert-OH is 1. The van der Waals surface area contributed by atoms with E-state index < -0.39 is 0 Å². The molecule has 3 nitrogen and oxygen atoms in total. The molecule has 2 aromatic rings. The molecule has 0 aliphatic carbocycles.